The maximum Gasteiger partial charge on any atom is 0.332 e. The highest BCUT2D eigenvalue weighted by atomic mass is 35.5. The summed E-state index contributed by atoms with van der Waals surface area (Å²) in [7, 11) is 0. The molecule has 0 aliphatic heterocycles. The van der Waals surface area contributed by atoms with Crippen molar-refractivity contribution < 1.29 is 19.4 Å². The van der Waals surface area contributed by atoms with E-state index >= 15 is 0 Å². The first-order valence-electron chi connectivity index (χ1n) is 6.19. The van der Waals surface area contributed by atoms with Crippen LogP contribution >= 0.6 is 11.6 Å². The van der Waals surface area contributed by atoms with E-state index < -0.39 is 12.1 Å². The van der Waals surface area contributed by atoms with Gasteiger partial charge in [-0.2, -0.15) is 0 Å². The van der Waals surface area contributed by atoms with Gasteiger partial charge in [0, 0.05) is 18.1 Å². The van der Waals surface area contributed by atoms with E-state index in [2.05, 4.69) is 0 Å². The van der Waals surface area contributed by atoms with Crippen LogP contribution in [0.25, 0.3) is 0 Å². The van der Waals surface area contributed by atoms with Crippen LogP contribution in [0.4, 0.5) is 0 Å². The SMILES string of the molecule is CCOC(CCOc1cc(C)c(Cl)c(C)c1)C(=O)O. The quantitative estimate of drug-likeness (QED) is 0.836. The lowest BCUT2D eigenvalue weighted by Gasteiger charge is -2.14. The molecule has 0 fully saturated rings. The minimum Gasteiger partial charge on any atom is -0.493 e. The molecule has 0 aromatic heterocycles. The number of hydrogen-bond acceptors (Lipinski definition) is 3. The number of ether oxygens (including phenoxy) is 2. The van der Waals surface area contributed by atoms with Crippen molar-refractivity contribution in [3.05, 3.63) is 28.3 Å². The fraction of sp³-hybridized carbons (Fsp3) is 0.500. The van der Waals surface area contributed by atoms with Gasteiger partial charge in [0.25, 0.3) is 0 Å². The zero-order chi connectivity index (χ0) is 14.4. The number of aliphatic carboxylic acids is 1. The summed E-state index contributed by atoms with van der Waals surface area (Å²) in [6.45, 7) is 6.24. The number of carboxylic acids is 1. The third-order valence-corrected chi connectivity index (χ3v) is 3.30. The Balaban J connectivity index is 2.55. The van der Waals surface area contributed by atoms with Gasteiger partial charge >= 0.3 is 5.97 Å². The smallest absolute Gasteiger partial charge is 0.332 e. The minimum absolute atomic E-state index is 0.289. The molecular formula is C14H19ClO4. The molecule has 0 saturated carbocycles. The molecule has 1 aromatic carbocycles. The molecule has 1 N–H and O–H groups in total. The van der Waals surface area contributed by atoms with Gasteiger partial charge in [-0.3, -0.25) is 0 Å². The Morgan fingerprint density at radius 1 is 1.37 bits per heavy atom. The van der Waals surface area contributed by atoms with Gasteiger partial charge in [0.2, 0.25) is 0 Å². The molecule has 4 nitrogen and oxygen atoms in total. The molecule has 0 bridgehead atoms. The second-order valence-electron chi connectivity index (χ2n) is 4.29. The highest BCUT2D eigenvalue weighted by Crippen LogP contribution is 2.25. The molecule has 19 heavy (non-hydrogen) atoms. The number of carbonyl (C=O) groups is 1. The maximum absolute atomic E-state index is 10.9. The minimum atomic E-state index is -0.964. The number of carboxylic acid groups (broad SMARTS) is 1. The molecule has 0 aliphatic carbocycles. The van der Waals surface area contributed by atoms with Crippen molar-refractivity contribution in [2.75, 3.05) is 13.2 Å². The molecular weight excluding hydrogens is 268 g/mol. The molecule has 1 aromatic rings. The average Bonchev–Trinajstić information content (AvgIpc) is 2.34. The van der Waals surface area contributed by atoms with Crippen LogP contribution in [0, 0.1) is 13.8 Å². The third-order valence-electron chi connectivity index (χ3n) is 2.70. The fourth-order valence-electron chi connectivity index (χ4n) is 1.75. The van der Waals surface area contributed by atoms with Gasteiger partial charge in [-0.25, -0.2) is 4.79 Å². The maximum atomic E-state index is 10.9. The summed E-state index contributed by atoms with van der Waals surface area (Å²) in [4.78, 5) is 10.9. The lowest BCUT2D eigenvalue weighted by molar-refractivity contribution is -0.150. The van der Waals surface area contributed by atoms with Crippen LogP contribution in [-0.2, 0) is 9.53 Å². The first-order valence-corrected chi connectivity index (χ1v) is 6.57. The predicted octanol–water partition coefficient (Wildman–Crippen LogP) is 3.22. The summed E-state index contributed by atoms with van der Waals surface area (Å²) in [5.41, 5.74) is 1.88. The van der Waals surface area contributed by atoms with Crippen LogP contribution in [0.15, 0.2) is 12.1 Å². The monoisotopic (exact) mass is 286 g/mol. The molecule has 0 heterocycles. The van der Waals surface area contributed by atoms with Crippen molar-refractivity contribution >= 4 is 17.6 Å². The van der Waals surface area contributed by atoms with E-state index in [1.807, 2.05) is 26.0 Å². The van der Waals surface area contributed by atoms with Gasteiger partial charge in [-0.05, 0) is 44.0 Å². The van der Waals surface area contributed by atoms with Crippen LogP contribution in [-0.4, -0.2) is 30.4 Å². The van der Waals surface area contributed by atoms with E-state index in [9.17, 15) is 4.79 Å². The van der Waals surface area contributed by atoms with Gasteiger partial charge in [-0.1, -0.05) is 11.6 Å². The predicted molar refractivity (Wildman–Crippen MR) is 74.1 cm³/mol. The van der Waals surface area contributed by atoms with Crippen molar-refractivity contribution in [2.24, 2.45) is 0 Å². The standard InChI is InChI=1S/C14H19ClO4/c1-4-18-12(14(16)17)5-6-19-11-7-9(2)13(15)10(3)8-11/h7-8,12H,4-6H2,1-3H3,(H,16,17). The normalized spacial score (nSPS) is 12.2. The molecule has 1 unspecified atom stereocenters. The molecule has 0 radical (unpaired) electrons. The third kappa shape index (κ3) is 4.73. The lowest BCUT2D eigenvalue weighted by Crippen LogP contribution is -2.26. The molecule has 0 saturated heterocycles. The lowest BCUT2D eigenvalue weighted by atomic mass is 10.1. The van der Waals surface area contributed by atoms with E-state index in [0.717, 1.165) is 16.1 Å². The summed E-state index contributed by atoms with van der Waals surface area (Å²) >= 11 is 6.06. The van der Waals surface area contributed by atoms with Crippen LogP contribution < -0.4 is 4.74 Å². The van der Waals surface area contributed by atoms with Crippen molar-refractivity contribution in [3.63, 3.8) is 0 Å². The molecule has 0 aliphatic rings. The van der Waals surface area contributed by atoms with Gasteiger partial charge in [0.15, 0.2) is 6.10 Å². The summed E-state index contributed by atoms with van der Waals surface area (Å²) in [6.07, 6.45) is -0.510. The Morgan fingerprint density at radius 2 is 1.95 bits per heavy atom. The Morgan fingerprint density at radius 3 is 2.42 bits per heavy atom. The van der Waals surface area contributed by atoms with Crippen molar-refractivity contribution in [1.82, 2.24) is 0 Å². The summed E-state index contributed by atoms with van der Waals surface area (Å²) in [5, 5.41) is 9.66. The first-order chi connectivity index (χ1) is 8.95. The van der Waals surface area contributed by atoms with Crippen molar-refractivity contribution in [2.45, 2.75) is 33.3 Å². The number of benzene rings is 1. The molecule has 0 amide bonds. The highest BCUT2D eigenvalue weighted by molar-refractivity contribution is 6.32. The van der Waals surface area contributed by atoms with Crippen LogP contribution in [0.2, 0.25) is 5.02 Å². The Hall–Kier alpha value is -1.26. The number of halogens is 1. The Kier molecular flexibility index (Phi) is 6.12. The summed E-state index contributed by atoms with van der Waals surface area (Å²) in [6, 6.07) is 3.68. The van der Waals surface area contributed by atoms with Crippen LogP contribution in [0.1, 0.15) is 24.5 Å². The summed E-state index contributed by atoms with van der Waals surface area (Å²) < 4.78 is 10.7. The zero-order valence-electron chi connectivity index (χ0n) is 11.4. The van der Waals surface area contributed by atoms with Gasteiger partial charge < -0.3 is 14.6 Å². The number of aryl methyl sites for hydroxylation is 2. The van der Waals surface area contributed by atoms with Gasteiger partial charge in [0.05, 0.1) is 6.61 Å². The fourth-order valence-corrected chi connectivity index (χ4v) is 1.86. The molecule has 1 rings (SSSR count). The molecule has 5 heteroatoms. The van der Waals surface area contributed by atoms with Crippen LogP contribution in [0.3, 0.4) is 0 Å². The van der Waals surface area contributed by atoms with E-state index in [-0.39, 0.29) is 6.61 Å². The van der Waals surface area contributed by atoms with E-state index in [0.29, 0.717) is 18.8 Å². The average molecular weight is 287 g/mol. The highest BCUT2D eigenvalue weighted by Gasteiger charge is 2.17. The molecule has 106 valence electrons. The number of rotatable bonds is 7. The van der Waals surface area contributed by atoms with E-state index in [4.69, 9.17) is 26.2 Å². The van der Waals surface area contributed by atoms with E-state index in [1.54, 1.807) is 6.92 Å². The second kappa shape index (κ2) is 7.36. The van der Waals surface area contributed by atoms with Crippen molar-refractivity contribution in [3.8, 4) is 5.75 Å². The molecule has 0 spiro atoms. The first kappa shape index (κ1) is 15.8. The van der Waals surface area contributed by atoms with E-state index in [1.165, 1.54) is 0 Å². The Labute approximate surface area is 118 Å². The zero-order valence-corrected chi connectivity index (χ0v) is 12.2. The Bertz CT molecular complexity index is 422. The second-order valence-corrected chi connectivity index (χ2v) is 4.67. The van der Waals surface area contributed by atoms with Gasteiger partial charge in [-0.15, -0.1) is 0 Å². The van der Waals surface area contributed by atoms with Crippen LogP contribution in [0.5, 0.6) is 5.75 Å². The van der Waals surface area contributed by atoms with Crippen molar-refractivity contribution in [1.29, 1.82) is 0 Å². The number of hydrogen-bond donors (Lipinski definition) is 1. The summed E-state index contributed by atoms with van der Waals surface area (Å²) in [5.74, 6) is -0.269. The van der Waals surface area contributed by atoms with Gasteiger partial charge in [0.1, 0.15) is 5.75 Å². The largest absolute Gasteiger partial charge is 0.493 e. The molecule has 1 atom stereocenters. The topological polar surface area (TPSA) is 55.8 Å².